The monoisotopic (exact) mass is 169 g/mol. The molecule has 0 saturated heterocycles. The molecule has 0 aromatic rings. The Morgan fingerprint density at radius 1 is 1.42 bits per heavy atom. The Balaban J connectivity index is 2.10. The SMILES string of the molecule is CO[C@]12CCC[C@H](C[C@@H](N)C1)C2. The van der Waals surface area contributed by atoms with Crippen molar-refractivity contribution in [2.24, 2.45) is 11.7 Å². The normalized spacial score (nSPS) is 47.5. The van der Waals surface area contributed by atoms with Crippen molar-refractivity contribution < 1.29 is 4.74 Å². The maximum Gasteiger partial charge on any atom is 0.0696 e. The van der Waals surface area contributed by atoms with E-state index < -0.39 is 0 Å². The topological polar surface area (TPSA) is 35.2 Å². The predicted octanol–water partition coefficient (Wildman–Crippen LogP) is 1.68. The van der Waals surface area contributed by atoms with Gasteiger partial charge in [0.25, 0.3) is 0 Å². The molecule has 0 aromatic carbocycles. The van der Waals surface area contributed by atoms with Crippen LogP contribution < -0.4 is 5.73 Å². The van der Waals surface area contributed by atoms with Gasteiger partial charge in [0.1, 0.15) is 0 Å². The molecule has 0 spiro atoms. The fourth-order valence-electron chi connectivity index (χ4n) is 3.09. The predicted molar refractivity (Wildman–Crippen MR) is 48.9 cm³/mol. The standard InChI is InChI=1S/C10H19NO/c1-12-10-4-2-3-8(6-10)5-9(11)7-10/h8-9H,2-7,11H2,1H3/t8-,9-,10+/m1/s1. The maximum atomic E-state index is 6.01. The Morgan fingerprint density at radius 3 is 3.00 bits per heavy atom. The summed E-state index contributed by atoms with van der Waals surface area (Å²) in [6.07, 6.45) is 7.51. The van der Waals surface area contributed by atoms with Crippen LogP contribution in [0.2, 0.25) is 0 Å². The van der Waals surface area contributed by atoms with Crippen molar-refractivity contribution in [1.82, 2.24) is 0 Å². The molecule has 2 N–H and O–H groups in total. The second kappa shape index (κ2) is 3.00. The molecule has 12 heavy (non-hydrogen) atoms. The third-order valence-electron chi connectivity index (χ3n) is 3.61. The summed E-state index contributed by atoms with van der Waals surface area (Å²) in [7, 11) is 1.85. The third-order valence-corrected chi connectivity index (χ3v) is 3.61. The van der Waals surface area contributed by atoms with Crippen LogP contribution in [0.25, 0.3) is 0 Å². The molecule has 3 atom stereocenters. The van der Waals surface area contributed by atoms with Gasteiger partial charge in [0.05, 0.1) is 5.60 Å². The highest BCUT2D eigenvalue weighted by Crippen LogP contribution is 2.44. The molecule has 0 radical (unpaired) electrons. The minimum absolute atomic E-state index is 0.167. The molecule has 2 rings (SSSR count). The number of methoxy groups -OCH3 is 1. The van der Waals surface area contributed by atoms with Crippen LogP contribution in [0.4, 0.5) is 0 Å². The first-order chi connectivity index (χ1) is 5.74. The Bertz CT molecular complexity index is 167. The number of hydrogen-bond donors (Lipinski definition) is 1. The van der Waals surface area contributed by atoms with E-state index in [2.05, 4.69) is 0 Å². The smallest absolute Gasteiger partial charge is 0.0696 e. The van der Waals surface area contributed by atoms with Gasteiger partial charge < -0.3 is 10.5 Å². The molecule has 0 heterocycles. The van der Waals surface area contributed by atoms with E-state index in [0.717, 1.165) is 12.3 Å². The highest BCUT2D eigenvalue weighted by atomic mass is 16.5. The molecule has 2 aliphatic carbocycles. The van der Waals surface area contributed by atoms with Crippen LogP contribution in [0.1, 0.15) is 38.5 Å². The average Bonchev–Trinajstić information content (AvgIpc) is 2.03. The molecular weight excluding hydrogens is 150 g/mol. The van der Waals surface area contributed by atoms with E-state index in [0.29, 0.717) is 6.04 Å². The van der Waals surface area contributed by atoms with Gasteiger partial charge in [0.15, 0.2) is 0 Å². The third kappa shape index (κ3) is 1.38. The molecule has 2 heteroatoms. The molecule has 0 amide bonds. The zero-order valence-corrected chi connectivity index (χ0v) is 7.88. The quantitative estimate of drug-likeness (QED) is 0.648. The lowest BCUT2D eigenvalue weighted by atomic mass is 9.67. The molecule has 2 fully saturated rings. The lowest BCUT2D eigenvalue weighted by molar-refractivity contribution is -0.0852. The van der Waals surface area contributed by atoms with E-state index in [-0.39, 0.29) is 5.60 Å². The van der Waals surface area contributed by atoms with Crippen molar-refractivity contribution in [3.63, 3.8) is 0 Å². The average molecular weight is 169 g/mol. The zero-order chi connectivity index (χ0) is 8.60. The fourth-order valence-corrected chi connectivity index (χ4v) is 3.09. The van der Waals surface area contributed by atoms with Crippen LogP contribution in [-0.4, -0.2) is 18.8 Å². The summed E-state index contributed by atoms with van der Waals surface area (Å²) in [5, 5.41) is 0. The number of ether oxygens (including phenoxy) is 1. The van der Waals surface area contributed by atoms with Crippen LogP contribution >= 0.6 is 0 Å². The van der Waals surface area contributed by atoms with Gasteiger partial charge in [-0.3, -0.25) is 0 Å². The Labute approximate surface area is 74.5 Å². The Kier molecular flexibility index (Phi) is 2.13. The van der Waals surface area contributed by atoms with Gasteiger partial charge in [-0.15, -0.1) is 0 Å². The summed E-state index contributed by atoms with van der Waals surface area (Å²) in [5.41, 5.74) is 6.17. The van der Waals surface area contributed by atoms with Crippen LogP contribution in [0, 0.1) is 5.92 Å². The highest BCUT2D eigenvalue weighted by molar-refractivity contribution is 4.96. The van der Waals surface area contributed by atoms with Crippen LogP contribution in [0.5, 0.6) is 0 Å². The van der Waals surface area contributed by atoms with Crippen molar-refractivity contribution in [3.8, 4) is 0 Å². The Hall–Kier alpha value is -0.0800. The van der Waals surface area contributed by atoms with Gasteiger partial charge in [0.2, 0.25) is 0 Å². The summed E-state index contributed by atoms with van der Waals surface area (Å²) in [4.78, 5) is 0. The fraction of sp³-hybridized carbons (Fsp3) is 1.00. The van der Waals surface area contributed by atoms with Gasteiger partial charge in [-0.1, -0.05) is 12.8 Å². The van der Waals surface area contributed by atoms with Gasteiger partial charge in [-0.25, -0.2) is 0 Å². The number of hydrogen-bond acceptors (Lipinski definition) is 2. The van der Waals surface area contributed by atoms with E-state index in [4.69, 9.17) is 10.5 Å². The van der Waals surface area contributed by atoms with Gasteiger partial charge in [-0.2, -0.15) is 0 Å². The van der Waals surface area contributed by atoms with Crippen LogP contribution in [0.15, 0.2) is 0 Å². The molecule has 0 aromatic heterocycles. The molecule has 70 valence electrons. The molecular formula is C10H19NO. The molecule has 2 nitrogen and oxygen atoms in total. The van der Waals surface area contributed by atoms with Crippen LogP contribution in [-0.2, 0) is 4.74 Å². The van der Waals surface area contributed by atoms with E-state index in [1.165, 1.54) is 32.1 Å². The maximum absolute atomic E-state index is 6.01. The lowest BCUT2D eigenvalue weighted by Gasteiger charge is -2.46. The summed E-state index contributed by atoms with van der Waals surface area (Å²) in [6, 6.07) is 0.393. The van der Waals surface area contributed by atoms with Crippen LogP contribution in [0.3, 0.4) is 0 Å². The Morgan fingerprint density at radius 2 is 2.25 bits per heavy atom. The minimum Gasteiger partial charge on any atom is -0.378 e. The molecule has 2 saturated carbocycles. The van der Waals surface area contributed by atoms with E-state index in [9.17, 15) is 0 Å². The molecule has 2 bridgehead atoms. The lowest BCUT2D eigenvalue weighted by Crippen LogP contribution is -2.48. The van der Waals surface area contributed by atoms with Gasteiger partial charge in [0, 0.05) is 13.2 Å². The summed E-state index contributed by atoms with van der Waals surface area (Å²) >= 11 is 0. The number of nitrogens with two attached hydrogens (primary N) is 1. The van der Waals surface area contributed by atoms with Crippen molar-refractivity contribution in [2.45, 2.75) is 50.2 Å². The van der Waals surface area contributed by atoms with E-state index >= 15 is 0 Å². The second-order valence-electron chi connectivity index (χ2n) is 4.55. The second-order valence-corrected chi connectivity index (χ2v) is 4.55. The summed E-state index contributed by atoms with van der Waals surface area (Å²) in [6.45, 7) is 0. The van der Waals surface area contributed by atoms with Gasteiger partial charge >= 0.3 is 0 Å². The van der Waals surface area contributed by atoms with Crippen molar-refractivity contribution >= 4 is 0 Å². The molecule has 2 aliphatic rings. The van der Waals surface area contributed by atoms with Gasteiger partial charge in [-0.05, 0) is 31.6 Å². The first-order valence-electron chi connectivity index (χ1n) is 5.05. The number of rotatable bonds is 1. The molecule has 0 aliphatic heterocycles. The number of fused-ring (bicyclic) bond motifs is 2. The minimum atomic E-state index is 0.167. The summed E-state index contributed by atoms with van der Waals surface area (Å²) < 4.78 is 5.64. The first kappa shape index (κ1) is 8.52. The largest absolute Gasteiger partial charge is 0.378 e. The van der Waals surface area contributed by atoms with Crippen molar-refractivity contribution in [3.05, 3.63) is 0 Å². The zero-order valence-electron chi connectivity index (χ0n) is 7.88. The van der Waals surface area contributed by atoms with Crippen molar-refractivity contribution in [1.29, 1.82) is 0 Å². The van der Waals surface area contributed by atoms with E-state index in [1.54, 1.807) is 0 Å². The highest BCUT2D eigenvalue weighted by Gasteiger charge is 2.42. The summed E-state index contributed by atoms with van der Waals surface area (Å²) in [5.74, 6) is 0.849. The van der Waals surface area contributed by atoms with Crippen molar-refractivity contribution in [2.75, 3.05) is 7.11 Å². The van der Waals surface area contributed by atoms with E-state index in [1.807, 2.05) is 7.11 Å². The first-order valence-corrected chi connectivity index (χ1v) is 5.05. The molecule has 0 unspecified atom stereocenters.